The number of carbonyl (C=O) groups is 1. The Bertz CT molecular complexity index is 670. The number of H-pyrrole nitrogens is 1. The third-order valence-corrected chi connectivity index (χ3v) is 6.70. The predicted molar refractivity (Wildman–Crippen MR) is 87.2 cm³/mol. The number of nitrogens with zero attached hydrogens (tertiary/aromatic N) is 2. The lowest BCUT2D eigenvalue weighted by Gasteiger charge is -2.35. The van der Waals surface area contributed by atoms with Gasteiger partial charge in [-0.2, -0.15) is 5.10 Å². The van der Waals surface area contributed by atoms with Crippen molar-refractivity contribution in [2.45, 2.75) is 45.2 Å². The van der Waals surface area contributed by atoms with Crippen molar-refractivity contribution in [2.24, 2.45) is 0 Å². The summed E-state index contributed by atoms with van der Waals surface area (Å²) in [4.78, 5) is 14.6. The third-order valence-electron chi connectivity index (χ3n) is 4.94. The molecule has 3 heterocycles. The Balaban J connectivity index is 1.53. The summed E-state index contributed by atoms with van der Waals surface area (Å²) in [5, 5.41) is 9.97. The normalized spacial score (nSPS) is 25.6. The molecule has 1 atom stereocenters. The van der Waals surface area contributed by atoms with Gasteiger partial charge in [-0.3, -0.25) is 14.8 Å². The molecule has 2 aliphatic rings. The van der Waals surface area contributed by atoms with Crippen molar-refractivity contribution in [3.8, 4) is 0 Å². The van der Waals surface area contributed by atoms with Gasteiger partial charge in [0.2, 0.25) is 0 Å². The van der Waals surface area contributed by atoms with Crippen molar-refractivity contribution in [3.63, 3.8) is 0 Å². The number of nitrogens with one attached hydrogen (secondary N) is 2. The quantitative estimate of drug-likeness (QED) is 0.831. The highest BCUT2D eigenvalue weighted by atomic mass is 32.2. The Morgan fingerprint density at radius 3 is 2.48 bits per heavy atom. The maximum atomic E-state index is 12.4. The van der Waals surface area contributed by atoms with Crippen LogP contribution in [0.1, 0.15) is 41.0 Å². The van der Waals surface area contributed by atoms with Crippen LogP contribution >= 0.6 is 0 Å². The largest absolute Gasteiger partial charge is 0.349 e. The lowest BCUT2D eigenvalue weighted by atomic mass is 10.0. The molecule has 1 amide bonds. The van der Waals surface area contributed by atoms with E-state index < -0.39 is 9.84 Å². The van der Waals surface area contributed by atoms with E-state index in [4.69, 9.17) is 0 Å². The maximum absolute atomic E-state index is 12.4. The standard InChI is InChI=1S/C15H24N4O3S/c1-10-14(11(2)18-17-10)15(20)16-12-3-6-19(7-4-12)13-5-8-23(21,22)9-13/h12-13H,3-9H2,1-2H3,(H,16,20)(H,17,18). The van der Waals surface area contributed by atoms with Crippen molar-refractivity contribution >= 4 is 15.7 Å². The number of hydrogen-bond acceptors (Lipinski definition) is 5. The van der Waals surface area contributed by atoms with Gasteiger partial charge < -0.3 is 5.32 Å². The van der Waals surface area contributed by atoms with E-state index in [-0.39, 0.29) is 23.7 Å². The molecule has 0 saturated carbocycles. The lowest BCUT2D eigenvalue weighted by molar-refractivity contribution is 0.0897. The summed E-state index contributed by atoms with van der Waals surface area (Å²) in [6.07, 6.45) is 2.46. The molecule has 0 spiro atoms. The summed E-state index contributed by atoms with van der Waals surface area (Å²) >= 11 is 0. The maximum Gasteiger partial charge on any atom is 0.255 e. The Kier molecular flexibility index (Phi) is 4.46. The average molecular weight is 340 g/mol. The van der Waals surface area contributed by atoms with Gasteiger partial charge in [0.25, 0.3) is 5.91 Å². The molecule has 2 N–H and O–H groups in total. The number of sulfone groups is 1. The van der Waals surface area contributed by atoms with Gasteiger partial charge in [-0.1, -0.05) is 0 Å². The zero-order valence-electron chi connectivity index (χ0n) is 13.6. The molecule has 0 radical (unpaired) electrons. The molecular weight excluding hydrogens is 316 g/mol. The molecule has 1 unspecified atom stereocenters. The fourth-order valence-corrected chi connectivity index (χ4v) is 5.38. The summed E-state index contributed by atoms with van der Waals surface area (Å²) in [5.41, 5.74) is 2.14. The molecule has 8 heteroatoms. The minimum atomic E-state index is -2.84. The predicted octanol–water partition coefficient (Wildman–Crippen LogP) is 0.408. The lowest BCUT2D eigenvalue weighted by Crippen LogP contribution is -2.48. The summed E-state index contributed by atoms with van der Waals surface area (Å²) in [6, 6.07) is 0.306. The molecule has 23 heavy (non-hydrogen) atoms. The van der Waals surface area contributed by atoms with Crippen molar-refractivity contribution in [1.82, 2.24) is 20.4 Å². The van der Waals surface area contributed by atoms with Crippen LogP contribution in [-0.4, -0.2) is 66.1 Å². The molecule has 2 fully saturated rings. The average Bonchev–Trinajstić information content (AvgIpc) is 3.02. The molecule has 128 valence electrons. The molecule has 0 aromatic carbocycles. The molecule has 3 rings (SSSR count). The van der Waals surface area contributed by atoms with Crippen molar-refractivity contribution in [2.75, 3.05) is 24.6 Å². The SMILES string of the molecule is Cc1n[nH]c(C)c1C(=O)NC1CCN(C2CCS(=O)(=O)C2)CC1. The van der Waals surface area contributed by atoms with E-state index in [1.165, 1.54) is 0 Å². The topological polar surface area (TPSA) is 95.2 Å². The molecule has 1 aromatic heterocycles. The Hall–Kier alpha value is -1.41. The van der Waals surface area contributed by atoms with Crippen LogP contribution in [0.2, 0.25) is 0 Å². The number of likely N-dealkylation sites (tertiary alicyclic amines) is 1. The summed E-state index contributed by atoms with van der Waals surface area (Å²) in [7, 11) is -2.84. The van der Waals surface area contributed by atoms with Crippen LogP contribution in [0.25, 0.3) is 0 Å². The van der Waals surface area contributed by atoms with Crippen LogP contribution in [0.4, 0.5) is 0 Å². The molecule has 2 saturated heterocycles. The molecule has 0 bridgehead atoms. The van der Waals surface area contributed by atoms with Crippen LogP contribution in [0.15, 0.2) is 0 Å². The second-order valence-electron chi connectivity index (χ2n) is 6.65. The van der Waals surface area contributed by atoms with Gasteiger partial charge in [-0.15, -0.1) is 0 Å². The minimum Gasteiger partial charge on any atom is -0.349 e. The van der Waals surface area contributed by atoms with Crippen LogP contribution in [0.5, 0.6) is 0 Å². The highest BCUT2D eigenvalue weighted by molar-refractivity contribution is 7.91. The first kappa shape index (κ1) is 16.4. The highest BCUT2D eigenvalue weighted by Gasteiger charge is 2.34. The van der Waals surface area contributed by atoms with Gasteiger partial charge >= 0.3 is 0 Å². The first-order valence-electron chi connectivity index (χ1n) is 8.12. The van der Waals surface area contributed by atoms with E-state index in [2.05, 4.69) is 20.4 Å². The van der Waals surface area contributed by atoms with E-state index in [0.717, 1.165) is 38.0 Å². The molecular formula is C15H24N4O3S. The molecule has 2 aliphatic heterocycles. The number of amides is 1. The summed E-state index contributed by atoms with van der Waals surface area (Å²) in [6.45, 7) is 5.35. The van der Waals surface area contributed by atoms with Crippen LogP contribution in [-0.2, 0) is 9.84 Å². The van der Waals surface area contributed by atoms with E-state index >= 15 is 0 Å². The zero-order chi connectivity index (χ0) is 16.6. The number of hydrogen-bond donors (Lipinski definition) is 2. The van der Waals surface area contributed by atoms with Crippen molar-refractivity contribution in [1.29, 1.82) is 0 Å². The summed E-state index contributed by atoms with van der Waals surface area (Å²) in [5.74, 6) is 0.529. The van der Waals surface area contributed by atoms with Gasteiger partial charge in [0.05, 0.1) is 22.8 Å². The first-order chi connectivity index (χ1) is 10.9. The van der Waals surface area contributed by atoms with Gasteiger partial charge in [0, 0.05) is 30.9 Å². The number of aromatic amines is 1. The zero-order valence-corrected chi connectivity index (χ0v) is 14.4. The van der Waals surface area contributed by atoms with Gasteiger partial charge in [-0.25, -0.2) is 8.42 Å². The van der Waals surface area contributed by atoms with Crippen LogP contribution in [0.3, 0.4) is 0 Å². The van der Waals surface area contributed by atoms with E-state index in [0.29, 0.717) is 17.0 Å². The smallest absolute Gasteiger partial charge is 0.255 e. The third kappa shape index (κ3) is 3.58. The van der Waals surface area contributed by atoms with Crippen LogP contribution < -0.4 is 5.32 Å². The van der Waals surface area contributed by atoms with Crippen LogP contribution in [0, 0.1) is 13.8 Å². The molecule has 1 aromatic rings. The van der Waals surface area contributed by atoms with Crippen molar-refractivity contribution < 1.29 is 13.2 Å². The Labute approximate surface area is 136 Å². The second-order valence-corrected chi connectivity index (χ2v) is 8.88. The van der Waals surface area contributed by atoms with E-state index in [1.807, 2.05) is 13.8 Å². The number of carbonyl (C=O) groups excluding carboxylic acids is 1. The highest BCUT2D eigenvalue weighted by Crippen LogP contribution is 2.22. The first-order valence-corrected chi connectivity index (χ1v) is 9.95. The molecule has 0 aliphatic carbocycles. The fourth-order valence-electron chi connectivity index (χ4n) is 3.62. The number of aryl methyl sites for hydroxylation is 2. The number of piperidine rings is 1. The fraction of sp³-hybridized carbons (Fsp3) is 0.733. The van der Waals surface area contributed by atoms with Gasteiger partial charge in [0.1, 0.15) is 0 Å². The Morgan fingerprint density at radius 1 is 1.26 bits per heavy atom. The molecule has 7 nitrogen and oxygen atoms in total. The van der Waals surface area contributed by atoms with Gasteiger partial charge in [-0.05, 0) is 33.1 Å². The van der Waals surface area contributed by atoms with Crippen molar-refractivity contribution in [3.05, 3.63) is 17.0 Å². The second kappa shape index (κ2) is 6.24. The van der Waals surface area contributed by atoms with E-state index in [1.54, 1.807) is 0 Å². The number of aromatic nitrogens is 2. The minimum absolute atomic E-state index is 0.0735. The Morgan fingerprint density at radius 2 is 1.96 bits per heavy atom. The van der Waals surface area contributed by atoms with Gasteiger partial charge in [0.15, 0.2) is 9.84 Å². The number of rotatable bonds is 3. The monoisotopic (exact) mass is 340 g/mol. The van der Waals surface area contributed by atoms with E-state index in [9.17, 15) is 13.2 Å². The summed E-state index contributed by atoms with van der Waals surface area (Å²) < 4.78 is 23.2.